The molecule has 0 saturated carbocycles. The predicted octanol–water partition coefficient (Wildman–Crippen LogP) is 3.71. The summed E-state index contributed by atoms with van der Waals surface area (Å²) in [6, 6.07) is 0. The van der Waals surface area contributed by atoms with E-state index in [2.05, 4.69) is 5.10 Å². The number of allylic oxidation sites excluding steroid dienone is 1. The molecule has 0 spiro atoms. The van der Waals surface area contributed by atoms with E-state index in [1.807, 2.05) is 33.8 Å². The van der Waals surface area contributed by atoms with Crippen molar-refractivity contribution >= 4 is 18.0 Å². The van der Waals surface area contributed by atoms with E-state index in [0.29, 0.717) is 12.3 Å². The van der Waals surface area contributed by atoms with Gasteiger partial charge >= 0.3 is 5.97 Å². The first-order valence-corrected chi connectivity index (χ1v) is 8.16. The van der Waals surface area contributed by atoms with Crippen molar-refractivity contribution in [3.63, 3.8) is 0 Å². The number of carbonyl (C=O) groups excluding carboxylic acids is 2. The summed E-state index contributed by atoms with van der Waals surface area (Å²) in [5.74, 6) is -0.0150. The summed E-state index contributed by atoms with van der Waals surface area (Å²) in [7, 11) is 0. The Bertz CT molecular complexity index is 613. The first-order valence-electron chi connectivity index (χ1n) is 8.16. The summed E-state index contributed by atoms with van der Waals surface area (Å²) < 4.78 is 12.5. The average Bonchev–Trinajstić information content (AvgIpc) is 2.76. The second-order valence-electron chi connectivity index (χ2n) is 7.11. The quantitative estimate of drug-likeness (QED) is 0.677. The van der Waals surface area contributed by atoms with E-state index in [-0.39, 0.29) is 29.0 Å². The molecule has 6 heteroatoms. The Morgan fingerprint density at radius 3 is 2.38 bits per heavy atom. The van der Waals surface area contributed by atoms with Crippen LogP contribution in [0.5, 0.6) is 5.88 Å². The smallest absolute Gasteiger partial charge is 0.345 e. The lowest BCUT2D eigenvalue weighted by atomic mass is 9.88. The second-order valence-corrected chi connectivity index (χ2v) is 7.11. The van der Waals surface area contributed by atoms with Gasteiger partial charge in [-0.2, -0.15) is 5.10 Å². The molecule has 134 valence electrons. The van der Waals surface area contributed by atoms with E-state index in [9.17, 15) is 9.59 Å². The van der Waals surface area contributed by atoms with Crippen LogP contribution in [0.4, 0.5) is 0 Å². The molecule has 1 aromatic rings. The normalized spacial score (nSPS) is 12.2. The van der Waals surface area contributed by atoms with Gasteiger partial charge in [-0.05, 0) is 40.0 Å². The number of hydrogen-bond donors (Lipinski definition) is 0. The molecule has 0 radical (unpaired) electrons. The minimum atomic E-state index is -0.469. The topological polar surface area (TPSA) is 70.4 Å². The average molecular weight is 336 g/mol. The fourth-order valence-corrected chi connectivity index (χ4v) is 2.19. The molecular weight excluding hydrogens is 308 g/mol. The summed E-state index contributed by atoms with van der Waals surface area (Å²) >= 11 is 0. The van der Waals surface area contributed by atoms with Crippen LogP contribution in [-0.2, 0) is 9.53 Å². The molecule has 0 fully saturated rings. The van der Waals surface area contributed by atoms with Gasteiger partial charge in [-0.15, -0.1) is 0 Å². The number of nitrogens with zero attached hydrogens (tertiary/aromatic N) is 2. The van der Waals surface area contributed by atoms with Crippen LogP contribution in [0.3, 0.4) is 0 Å². The highest BCUT2D eigenvalue weighted by molar-refractivity contribution is 5.92. The van der Waals surface area contributed by atoms with Gasteiger partial charge in [0.15, 0.2) is 0 Å². The molecule has 0 aliphatic carbocycles. The first-order chi connectivity index (χ1) is 11.0. The van der Waals surface area contributed by atoms with Crippen LogP contribution in [0.15, 0.2) is 12.3 Å². The maximum atomic E-state index is 12.2. The largest absolute Gasteiger partial charge is 0.474 e. The van der Waals surface area contributed by atoms with E-state index < -0.39 is 5.97 Å². The highest BCUT2D eigenvalue weighted by Crippen LogP contribution is 2.26. The molecule has 6 nitrogen and oxygen atoms in total. The van der Waals surface area contributed by atoms with Crippen LogP contribution < -0.4 is 4.74 Å². The number of rotatable bonds is 8. The van der Waals surface area contributed by atoms with Crippen LogP contribution in [0.2, 0.25) is 0 Å². The summed E-state index contributed by atoms with van der Waals surface area (Å²) in [5, 5.41) is 4.20. The number of Topliss-reactive ketones (excluding diaryl/α,β-unsaturated/α-hetero) is 1. The monoisotopic (exact) mass is 336 g/mol. The molecule has 0 aliphatic rings. The Kier molecular flexibility index (Phi) is 6.75. The van der Waals surface area contributed by atoms with E-state index >= 15 is 0 Å². The predicted molar refractivity (Wildman–Crippen MR) is 93.0 cm³/mol. The number of ketones is 1. The lowest BCUT2D eigenvalue weighted by Gasteiger charge is -2.18. The Morgan fingerprint density at radius 2 is 1.88 bits per heavy atom. The molecule has 0 N–H and O–H groups in total. The third kappa shape index (κ3) is 6.18. The third-order valence-electron chi connectivity index (χ3n) is 3.03. The van der Waals surface area contributed by atoms with Gasteiger partial charge in [-0.3, -0.25) is 4.79 Å². The molecule has 0 bridgehead atoms. The fraction of sp³-hybridized carbons (Fsp3) is 0.611. The van der Waals surface area contributed by atoms with Crippen molar-refractivity contribution in [2.45, 2.75) is 67.1 Å². The van der Waals surface area contributed by atoms with Gasteiger partial charge in [-0.25, -0.2) is 9.48 Å². The van der Waals surface area contributed by atoms with Crippen molar-refractivity contribution in [2.24, 2.45) is 5.41 Å². The lowest BCUT2D eigenvalue weighted by molar-refractivity contribution is -0.118. The Morgan fingerprint density at radius 1 is 1.25 bits per heavy atom. The third-order valence-corrected chi connectivity index (χ3v) is 3.03. The molecule has 0 aromatic carbocycles. The molecule has 24 heavy (non-hydrogen) atoms. The highest BCUT2D eigenvalue weighted by Gasteiger charge is 2.22. The van der Waals surface area contributed by atoms with Crippen LogP contribution >= 0.6 is 0 Å². The molecule has 0 amide bonds. The fourth-order valence-electron chi connectivity index (χ4n) is 2.19. The van der Waals surface area contributed by atoms with Gasteiger partial charge in [0.05, 0.1) is 18.4 Å². The molecule has 1 rings (SSSR count). The van der Waals surface area contributed by atoms with Gasteiger partial charge < -0.3 is 9.47 Å². The summed E-state index contributed by atoms with van der Waals surface area (Å²) in [5.41, 5.74) is -0.0303. The molecule has 0 unspecified atom stereocenters. The van der Waals surface area contributed by atoms with Crippen molar-refractivity contribution in [3.8, 4) is 5.88 Å². The first kappa shape index (κ1) is 19.9. The van der Waals surface area contributed by atoms with Gasteiger partial charge in [-0.1, -0.05) is 19.9 Å². The van der Waals surface area contributed by atoms with Crippen LogP contribution in [0.1, 0.15) is 65.2 Å². The SMILES string of the molecule is CC(=O)CC(C)(C)/C=C/n1ncc(C(=O)OC(C)C)c1OC(C)C. The number of ether oxygens (including phenoxy) is 2. The minimum Gasteiger partial charge on any atom is -0.474 e. The van der Waals surface area contributed by atoms with Crippen molar-refractivity contribution in [2.75, 3.05) is 0 Å². The van der Waals surface area contributed by atoms with E-state index in [0.717, 1.165) is 0 Å². The maximum absolute atomic E-state index is 12.2. The molecule has 0 saturated heterocycles. The molecule has 1 aromatic heterocycles. The number of esters is 1. The zero-order valence-corrected chi connectivity index (χ0v) is 15.6. The molecule has 0 atom stereocenters. The molecule has 0 aliphatic heterocycles. The summed E-state index contributed by atoms with van der Waals surface area (Å²) in [4.78, 5) is 23.5. The van der Waals surface area contributed by atoms with Crippen LogP contribution in [0, 0.1) is 5.41 Å². The van der Waals surface area contributed by atoms with Crippen LogP contribution in [-0.4, -0.2) is 33.7 Å². The zero-order chi connectivity index (χ0) is 18.5. The highest BCUT2D eigenvalue weighted by atomic mass is 16.5. The minimum absolute atomic E-state index is 0.116. The number of aromatic nitrogens is 2. The standard InChI is InChI=1S/C18H28N2O4/c1-12(2)23-16-15(17(22)24-13(3)4)11-19-20(16)9-8-18(6,7)10-14(5)21/h8-9,11-13H,10H2,1-7H3/b9-8+. The summed E-state index contributed by atoms with van der Waals surface area (Å²) in [6.45, 7) is 12.8. The molecular formula is C18H28N2O4. The van der Waals surface area contributed by atoms with Gasteiger partial charge in [0.25, 0.3) is 0 Å². The van der Waals surface area contributed by atoms with E-state index in [1.165, 1.54) is 10.9 Å². The number of hydrogen-bond acceptors (Lipinski definition) is 5. The molecule has 1 heterocycles. The van der Waals surface area contributed by atoms with E-state index in [4.69, 9.17) is 9.47 Å². The van der Waals surface area contributed by atoms with E-state index in [1.54, 1.807) is 27.0 Å². The Hall–Kier alpha value is -2.11. The second kappa shape index (κ2) is 8.13. The van der Waals surface area contributed by atoms with Gasteiger partial charge in [0.2, 0.25) is 5.88 Å². The Balaban J connectivity index is 3.12. The van der Waals surface area contributed by atoms with Crippen molar-refractivity contribution in [1.29, 1.82) is 0 Å². The van der Waals surface area contributed by atoms with Gasteiger partial charge in [0, 0.05) is 12.6 Å². The van der Waals surface area contributed by atoms with Gasteiger partial charge in [0.1, 0.15) is 11.3 Å². The maximum Gasteiger partial charge on any atom is 0.345 e. The zero-order valence-electron chi connectivity index (χ0n) is 15.6. The lowest BCUT2D eigenvalue weighted by Crippen LogP contribution is -2.16. The number of carbonyl (C=O) groups is 2. The summed E-state index contributed by atoms with van der Waals surface area (Å²) in [6.07, 6.45) is 5.11. The van der Waals surface area contributed by atoms with Crippen LogP contribution in [0.25, 0.3) is 6.20 Å². The Labute approximate surface area is 143 Å². The van der Waals surface area contributed by atoms with Crippen molar-refractivity contribution in [3.05, 3.63) is 17.8 Å². The van der Waals surface area contributed by atoms with Crippen molar-refractivity contribution < 1.29 is 19.1 Å². The van der Waals surface area contributed by atoms with Crippen molar-refractivity contribution in [1.82, 2.24) is 9.78 Å².